The molecule has 9 heteroatoms. The van der Waals surface area contributed by atoms with Crippen molar-refractivity contribution in [1.29, 1.82) is 0 Å². The molecule has 1 aromatic carbocycles. The van der Waals surface area contributed by atoms with Crippen molar-refractivity contribution in [2.24, 2.45) is 0 Å². The molecule has 0 amide bonds. The fourth-order valence-electron chi connectivity index (χ4n) is 2.21. The third kappa shape index (κ3) is 3.14. The van der Waals surface area contributed by atoms with Crippen LogP contribution in [0.1, 0.15) is 10.6 Å². The lowest BCUT2D eigenvalue weighted by molar-refractivity contribution is 0.0652. The van der Waals surface area contributed by atoms with Gasteiger partial charge in [-0.1, -0.05) is 5.16 Å². The molecule has 2 aromatic rings. The SMILES string of the molecule is COc1ccc(-c2cc(C(=O)O)on2)cc1OC1CS(=O)(=O)C1. The van der Waals surface area contributed by atoms with Crippen LogP contribution in [0.25, 0.3) is 11.3 Å². The minimum Gasteiger partial charge on any atom is -0.493 e. The molecule has 1 aromatic heterocycles. The van der Waals surface area contributed by atoms with Crippen LogP contribution in [0.5, 0.6) is 11.5 Å². The van der Waals surface area contributed by atoms with Crippen molar-refractivity contribution in [2.75, 3.05) is 18.6 Å². The number of carbonyl (C=O) groups is 1. The van der Waals surface area contributed by atoms with Gasteiger partial charge in [-0.3, -0.25) is 0 Å². The second-order valence-corrected chi connectivity index (χ2v) is 7.22. The highest BCUT2D eigenvalue weighted by Crippen LogP contribution is 2.34. The van der Waals surface area contributed by atoms with E-state index < -0.39 is 21.9 Å². The van der Waals surface area contributed by atoms with Crippen molar-refractivity contribution in [3.8, 4) is 22.8 Å². The molecule has 0 radical (unpaired) electrons. The minimum atomic E-state index is -3.00. The lowest BCUT2D eigenvalue weighted by Crippen LogP contribution is -2.45. The first kappa shape index (κ1) is 15.3. The maximum absolute atomic E-state index is 11.2. The van der Waals surface area contributed by atoms with Crippen molar-refractivity contribution in [2.45, 2.75) is 6.10 Å². The summed E-state index contributed by atoms with van der Waals surface area (Å²) in [6.45, 7) is 0. The Morgan fingerprint density at radius 3 is 2.61 bits per heavy atom. The van der Waals surface area contributed by atoms with Crippen molar-refractivity contribution in [1.82, 2.24) is 5.16 Å². The van der Waals surface area contributed by atoms with E-state index in [1.165, 1.54) is 13.2 Å². The number of hydrogen-bond acceptors (Lipinski definition) is 7. The predicted octanol–water partition coefficient (Wildman–Crippen LogP) is 1.22. The van der Waals surface area contributed by atoms with Gasteiger partial charge in [0.25, 0.3) is 0 Å². The van der Waals surface area contributed by atoms with Crippen LogP contribution >= 0.6 is 0 Å². The van der Waals surface area contributed by atoms with Gasteiger partial charge in [-0.05, 0) is 18.2 Å². The van der Waals surface area contributed by atoms with E-state index in [-0.39, 0.29) is 17.3 Å². The average Bonchev–Trinajstić information content (AvgIpc) is 2.95. The van der Waals surface area contributed by atoms with Crippen LogP contribution in [0, 0.1) is 0 Å². The second-order valence-electron chi connectivity index (χ2n) is 5.06. The van der Waals surface area contributed by atoms with Gasteiger partial charge < -0.3 is 19.1 Å². The summed E-state index contributed by atoms with van der Waals surface area (Å²) in [5.41, 5.74) is 0.898. The summed E-state index contributed by atoms with van der Waals surface area (Å²) in [6, 6.07) is 6.20. The van der Waals surface area contributed by atoms with E-state index in [4.69, 9.17) is 19.1 Å². The van der Waals surface area contributed by atoms with Crippen LogP contribution in [-0.2, 0) is 9.84 Å². The molecule has 0 aliphatic carbocycles. The molecule has 0 unspecified atom stereocenters. The third-order valence-electron chi connectivity index (χ3n) is 3.35. The Bertz CT molecular complexity index is 844. The summed E-state index contributed by atoms with van der Waals surface area (Å²) < 4.78 is 38.0. The Balaban J connectivity index is 1.87. The Kier molecular flexibility index (Phi) is 3.72. The average molecular weight is 339 g/mol. The van der Waals surface area contributed by atoms with E-state index in [1.807, 2.05) is 0 Å². The van der Waals surface area contributed by atoms with Crippen LogP contribution < -0.4 is 9.47 Å². The summed E-state index contributed by atoms with van der Waals surface area (Å²) in [6.07, 6.45) is -0.420. The first-order valence-corrected chi connectivity index (χ1v) is 8.45. The molecule has 8 nitrogen and oxygen atoms in total. The quantitative estimate of drug-likeness (QED) is 0.864. The molecule has 1 fully saturated rings. The van der Waals surface area contributed by atoms with Gasteiger partial charge in [-0.25, -0.2) is 13.2 Å². The number of benzene rings is 1. The standard InChI is InChI=1S/C14H13NO7S/c1-20-11-3-2-8(10-5-13(14(16)17)22-15-10)4-12(11)21-9-6-23(18,19)7-9/h2-5,9H,6-7H2,1H3,(H,16,17). The number of ether oxygens (including phenoxy) is 2. The Labute approximate surface area is 131 Å². The fourth-order valence-corrected chi connectivity index (χ4v) is 3.38. The number of aromatic carboxylic acids is 1. The van der Waals surface area contributed by atoms with Crippen LogP contribution in [0.15, 0.2) is 28.8 Å². The predicted molar refractivity (Wildman–Crippen MR) is 78.5 cm³/mol. The number of aromatic nitrogens is 1. The summed E-state index contributed by atoms with van der Waals surface area (Å²) in [4.78, 5) is 10.8. The van der Waals surface area contributed by atoms with E-state index in [9.17, 15) is 13.2 Å². The van der Waals surface area contributed by atoms with E-state index in [2.05, 4.69) is 5.16 Å². The number of carboxylic acids is 1. The molecule has 0 bridgehead atoms. The number of methoxy groups -OCH3 is 1. The van der Waals surface area contributed by atoms with Gasteiger partial charge in [-0.2, -0.15) is 0 Å². The zero-order valence-electron chi connectivity index (χ0n) is 12.1. The lowest BCUT2D eigenvalue weighted by atomic mass is 10.1. The summed E-state index contributed by atoms with van der Waals surface area (Å²) in [5, 5.41) is 12.5. The van der Waals surface area contributed by atoms with Crippen LogP contribution in [0.4, 0.5) is 0 Å². The van der Waals surface area contributed by atoms with Gasteiger partial charge in [0.2, 0.25) is 5.76 Å². The van der Waals surface area contributed by atoms with Crippen LogP contribution in [0.2, 0.25) is 0 Å². The van der Waals surface area contributed by atoms with Gasteiger partial charge >= 0.3 is 5.97 Å². The van der Waals surface area contributed by atoms with Crippen molar-refractivity contribution < 1.29 is 32.3 Å². The molecular weight excluding hydrogens is 326 g/mol. The van der Waals surface area contributed by atoms with Crippen LogP contribution in [0.3, 0.4) is 0 Å². The highest BCUT2D eigenvalue weighted by atomic mass is 32.2. The highest BCUT2D eigenvalue weighted by molar-refractivity contribution is 7.92. The first-order chi connectivity index (χ1) is 10.9. The molecule has 1 aliphatic heterocycles. The van der Waals surface area contributed by atoms with Crippen molar-refractivity contribution in [3.63, 3.8) is 0 Å². The van der Waals surface area contributed by atoms with Gasteiger partial charge in [0, 0.05) is 11.6 Å². The molecule has 2 heterocycles. The summed E-state index contributed by atoms with van der Waals surface area (Å²) in [5.74, 6) is -0.748. The normalized spacial score (nSPS) is 16.6. The van der Waals surface area contributed by atoms with Gasteiger partial charge in [0.1, 0.15) is 11.8 Å². The number of carboxylic acid groups (broad SMARTS) is 1. The summed E-state index contributed by atoms with van der Waals surface area (Å²) in [7, 11) is -1.53. The first-order valence-electron chi connectivity index (χ1n) is 6.63. The third-order valence-corrected chi connectivity index (χ3v) is 5.11. The topological polar surface area (TPSA) is 116 Å². The Hall–Kier alpha value is -2.55. The lowest BCUT2D eigenvalue weighted by Gasteiger charge is -2.27. The smallest absolute Gasteiger partial charge is 0.374 e. The van der Waals surface area contributed by atoms with Gasteiger partial charge in [0.05, 0.1) is 18.6 Å². The number of hydrogen-bond donors (Lipinski definition) is 1. The molecule has 0 saturated carbocycles. The minimum absolute atomic E-state index is 0.0342. The molecule has 122 valence electrons. The number of nitrogens with zero attached hydrogens (tertiary/aromatic N) is 1. The van der Waals surface area contributed by atoms with Crippen molar-refractivity contribution in [3.05, 3.63) is 30.0 Å². The Morgan fingerprint density at radius 1 is 1.30 bits per heavy atom. The molecule has 1 saturated heterocycles. The van der Waals surface area contributed by atoms with Gasteiger partial charge in [-0.15, -0.1) is 0 Å². The second kappa shape index (κ2) is 5.58. The van der Waals surface area contributed by atoms with E-state index in [0.717, 1.165) is 0 Å². The Morgan fingerprint density at radius 2 is 2.04 bits per heavy atom. The molecule has 1 aliphatic rings. The van der Waals surface area contributed by atoms with Crippen molar-refractivity contribution >= 4 is 15.8 Å². The molecular formula is C14H13NO7S. The van der Waals surface area contributed by atoms with E-state index >= 15 is 0 Å². The van der Waals surface area contributed by atoms with Crippen LogP contribution in [-0.4, -0.2) is 49.4 Å². The zero-order chi connectivity index (χ0) is 16.6. The molecule has 0 atom stereocenters. The number of sulfone groups is 1. The molecule has 1 N–H and O–H groups in total. The number of rotatable bonds is 5. The molecule has 23 heavy (non-hydrogen) atoms. The zero-order valence-corrected chi connectivity index (χ0v) is 12.9. The van der Waals surface area contributed by atoms with E-state index in [1.54, 1.807) is 18.2 Å². The monoisotopic (exact) mass is 339 g/mol. The fraction of sp³-hybridized carbons (Fsp3) is 0.286. The van der Waals surface area contributed by atoms with Gasteiger partial charge in [0.15, 0.2) is 21.3 Å². The largest absolute Gasteiger partial charge is 0.493 e. The molecule has 3 rings (SSSR count). The molecule has 0 spiro atoms. The summed E-state index contributed by atoms with van der Waals surface area (Å²) >= 11 is 0. The maximum atomic E-state index is 11.2. The maximum Gasteiger partial charge on any atom is 0.374 e. The van der Waals surface area contributed by atoms with E-state index in [0.29, 0.717) is 22.8 Å². The highest BCUT2D eigenvalue weighted by Gasteiger charge is 2.35.